The van der Waals surface area contributed by atoms with Crippen molar-refractivity contribution in [2.24, 2.45) is 7.05 Å². The highest BCUT2D eigenvalue weighted by Crippen LogP contribution is 2.44. The summed E-state index contributed by atoms with van der Waals surface area (Å²) < 4.78 is 8.79. The second-order valence-corrected chi connectivity index (χ2v) is 11.7. The van der Waals surface area contributed by atoms with E-state index in [4.69, 9.17) is 21.3 Å². The third-order valence-electron chi connectivity index (χ3n) is 6.17. The molecule has 1 N–H and O–H groups in total. The Morgan fingerprint density at radius 3 is 2.39 bits per heavy atom. The SMILES string of the molecule is Cc1cc2nc(-c3cccc(-c4cnn(C)c4)c3)sc2c(-c2ccc(Cl)cc2)c1[C@H](OC(C)(C)C)C(=O)O. The van der Waals surface area contributed by atoms with Crippen molar-refractivity contribution in [3.8, 4) is 32.8 Å². The highest BCUT2D eigenvalue weighted by molar-refractivity contribution is 7.22. The standard InChI is InChI=1S/C30H28ClN3O3S/c1-17-13-23-27(38-28(33-23)20-8-6-7-19(14-20)21-15-32-34(5)16-21)25(18-9-11-22(31)12-10-18)24(17)26(29(35)36)37-30(2,3)4/h6-16,26H,1-5H3,(H,35,36)/t26-/m0/s1. The Balaban J connectivity index is 1.74. The number of carbonyl (C=O) groups is 1. The molecule has 1 atom stereocenters. The third-order valence-corrected chi connectivity index (χ3v) is 7.56. The number of ether oxygens (including phenoxy) is 1. The van der Waals surface area contributed by atoms with Crippen LogP contribution in [0.1, 0.15) is 38.0 Å². The summed E-state index contributed by atoms with van der Waals surface area (Å²) in [6, 6.07) is 17.6. The van der Waals surface area contributed by atoms with Gasteiger partial charge >= 0.3 is 5.97 Å². The van der Waals surface area contributed by atoms with Crippen molar-refractivity contribution in [3.63, 3.8) is 0 Å². The van der Waals surface area contributed by atoms with E-state index in [1.54, 1.807) is 16.0 Å². The number of carboxylic acids is 1. The average molecular weight is 546 g/mol. The molecule has 8 heteroatoms. The number of halogens is 1. The lowest BCUT2D eigenvalue weighted by Gasteiger charge is -2.28. The molecule has 0 spiro atoms. The number of aryl methyl sites for hydroxylation is 2. The van der Waals surface area contributed by atoms with Crippen LogP contribution in [0.3, 0.4) is 0 Å². The first-order valence-corrected chi connectivity index (χ1v) is 13.4. The molecule has 5 rings (SSSR count). The Morgan fingerprint density at radius 1 is 1.05 bits per heavy atom. The van der Waals surface area contributed by atoms with Gasteiger partial charge in [0.15, 0.2) is 6.10 Å². The van der Waals surface area contributed by atoms with Crippen molar-refractivity contribution in [3.05, 3.63) is 83.1 Å². The van der Waals surface area contributed by atoms with Crippen LogP contribution in [-0.2, 0) is 16.6 Å². The summed E-state index contributed by atoms with van der Waals surface area (Å²) in [5.74, 6) is -1.04. The van der Waals surface area contributed by atoms with Gasteiger partial charge in [0.2, 0.25) is 0 Å². The van der Waals surface area contributed by atoms with E-state index >= 15 is 0 Å². The van der Waals surface area contributed by atoms with E-state index in [9.17, 15) is 9.90 Å². The molecule has 3 aromatic carbocycles. The monoisotopic (exact) mass is 545 g/mol. The summed E-state index contributed by atoms with van der Waals surface area (Å²) in [5.41, 5.74) is 6.31. The quantitative estimate of drug-likeness (QED) is 0.234. The summed E-state index contributed by atoms with van der Waals surface area (Å²) in [7, 11) is 1.90. The Bertz CT molecular complexity index is 1650. The molecule has 6 nitrogen and oxygen atoms in total. The number of aliphatic carboxylic acids is 1. The van der Waals surface area contributed by atoms with E-state index in [1.165, 1.54) is 0 Å². The molecule has 5 aromatic rings. The van der Waals surface area contributed by atoms with Crippen molar-refractivity contribution in [1.29, 1.82) is 0 Å². The molecule has 0 aliphatic rings. The maximum atomic E-state index is 12.5. The van der Waals surface area contributed by atoms with Gasteiger partial charge < -0.3 is 9.84 Å². The second kappa shape index (κ2) is 9.98. The Labute approximate surface area is 230 Å². The van der Waals surface area contributed by atoms with Crippen molar-refractivity contribution < 1.29 is 14.6 Å². The fourth-order valence-electron chi connectivity index (χ4n) is 4.56. The van der Waals surface area contributed by atoms with E-state index in [1.807, 2.05) is 89.6 Å². The first-order valence-electron chi connectivity index (χ1n) is 12.2. The molecule has 0 aliphatic heterocycles. The molecular formula is C30H28ClN3O3S. The van der Waals surface area contributed by atoms with Crippen molar-refractivity contribution >= 4 is 39.1 Å². The van der Waals surface area contributed by atoms with E-state index in [2.05, 4.69) is 17.2 Å². The van der Waals surface area contributed by atoms with E-state index in [0.717, 1.165) is 48.6 Å². The zero-order valence-electron chi connectivity index (χ0n) is 21.8. The van der Waals surface area contributed by atoms with Crippen LogP contribution >= 0.6 is 22.9 Å². The highest BCUT2D eigenvalue weighted by atomic mass is 35.5. The van der Waals surface area contributed by atoms with Crippen LogP contribution in [0, 0.1) is 6.92 Å². The lowest BCUT2D eigenvalue weighted by Crippen LogP contribution is -2.28. The van der Waals surface area contributed by atoms with Crippen molar-refractivity contribution in [2.75, 3.05) is 0 Å². The molecule has 2 heterocycles. The Kier molecular flexibility index (Phi) is 6.86. The molecule has 0 radical (unpaired) electrons. The number of aromatic nitrogens is 3. The van der Waals surface area contributed by atoms with Crippen LogP contribution in [0.25, 0.3) is 43.0 Å². The van der Waals surface area contributed by atoms with Gasteiger partial charge in [-0.3, -0.25) is 4.68 Å². The van der Waals surface area contributed by atoms with E-state index in [-0.39, 0.29) is 0 Å². The van der Waals surface area contributed by atoms with Crippen molar-refractivity contribution in [1.82, 2.24) is 14.8 Å². The Hall–Kier alpha value is -3.52. The second-order valence-electron chi connectivity index (χ2n) is 10.3. The zero-order valence-corrected chi connectivity index (χ0v) is 23.4. The van der Waals surface area contributed by atoms with Gasteiger partial charge in [-0.25, -0.2) is 9.78 Å². The Morgan fingerprint density at radius 2 is 1.76 bits per heavy atom. The number of carboxylic acid groups (broad SMARTS) is 1. The van der Waals surface area contributed by atoms with Gasteiger partial charge in [-0.15, -0.1) is 11.3 Å². The summed E-state index contributed by atoms with van der Waals surface area (Å²) >= 11 is 7.75. The molecule has 0 fully saturated rings. The summed E-state index contributed by atoms with van der Waals surface area (Å²) in [6.07, 6.45) is 2.67. The zero-order chi connectivity index (χ0) is 27.2. The summed E-state index contributed by atoms with van der Waals surface area (Å²) in [5, 5.41) is 16.0. The fraction of sp³-hybridized carbons (Fsp3) is 0.233. The third kappa shape index (κ3) is 5.23. The maximum Gasteiger partial charge on any atom is 0.337 e. The minimum absolute atomic E-state index is 0.608. The lowest BCUT2D eigenvalue weighted by molar-refractivity contribution is -0.160. The van der Waals surface area contributed by atoms with E-state index in [0.29, 0.717) is 10.6 Å². The normalized spacial score (nSPS) is 12.7. The van der Waals surface area contributed by atoms with Crippen LogP contribution in [0.2, 0.25) is 5.02 Å². The molecule has 194 valence electrons. The van der Waals surface area contributed by atoms with Crippen LogP contribution in [0.4, 0.5) is 0 Å². The number of hydrogen-bond acceptors (Lipinski definition) is 5. The molecule has 38 heavy (non-hydrogen) atoms. The first kappa shape index (κ1) is 26.1. The van der Waals surface area contributed by atoms with Gasteiger partial charge in [0.1, 0.15) is 5.01 Å². The number of rotatable bonds is 6. The molecule has 0 bridgehead atoms. The van der Waals surface area contributed by atoms with Gasteiger partial charge in [-0.05, 0) is 68.7 Å². The van der Waals surface area contributed by atoms with Gasteiger partial charge in [-0.1, -0.05) is 41.9 Å². The van der Waals surface area contributed by atoms with Gasteiger partial charge in [0.25, 0.3) is 0 Å². The number of nitrogens with zero attached hydrogens (tertiary/aromatic N) is 3. The van der Waals surface area contributed by atoms with Crippen LogP contribution < -0.4 is 0 Å². The summed E-state index contributed by atoms with van der Waals surface area (Å²) in [6.45, 7) is 7.49. The summed E-state index contributed by atoms with van der Waals surface area (Å²) in [4.78, 5) is 17.5. The molecular weight excluding hydrogens is 518 g/mol. The molecule has 0 aliphatic carbocycles. The largest absolute Gasteiger partial charge is 0.479 e. The van der Waals surface area contributed by atoms with Gasteiger partial charge in [0.05, 0.1) is 22.0 Å². The fourth-order valence-corrected chi connectivity index (χ4v) is 5.81. The average Bonchev–Trinajstić information content (AvgIpc) is 3.48. The molecule has 0 saturated carbocycles. The van der Waals surface area contributed by atoms with Gasteiger partial charge in [0, 0.05) is 40.5 Å². The van der Waals surface area contributed by atoms with Crippen LogP contribution in [0.15, 0.2) is 67.0 Å². The van der Waals surface area contributed by atoms with E-state index < -0.39 is 17.7 Å². The predicted octanol–water partition coefficient (Wildman–Crippen LogP) is 7.93. The predicted molar refractivity (Wildman–Crippen MR) is 154 cm³/mol. The number of fused-ring (bicyclic) bond motifs is 1. The number of hydrogen-bond donors (Lipinski definition) is 1. The molecule has 0 amide bonds. The topological polar surface area (TPSA) is 77.2 Å². The molecule has 0 saturated heterocycles. The smallest absolute Gasteiger partial charge is 0.337 e. The first-order chi connectivity index (χ1) is 18.0. The molecule has 2 aromatic heterocycles. The molecule has 0 unspecified atom stereocenters. The minimum Gasteiger partial charge on any atom is -0.479 e. The van der Waals surface area contributed by atoms with Gasteiger partial charge in [-0.2, -0.15) is 5.10 Å². The highest BCUT2D eigenvalue weighted by Gasteiger charge is 2.32. The van der Waals surface area contributed by atoms with Crippen LogP contribution in [-0.4, -0.2) is 31.4 Å². The maximum absolute atomic E-state index is 12.5. The number of thiazole rings is 1. The lowest BCUT2D eigenvalue weighted by atomic mass is 9.91. The van der Waals surface area contributed by atoms with Crippen LogP contribution in [0.5, 0.6) is 0 Å². The van der Waals surface area contributed by atoms with Crippen molar-refractivity contribution in [2.45, 2.75) is 39.4 Å². The minimum atomic E-state index is -1.15. The number of benzene rings is 3.